The number of esters is 1. The lowest BCUT2D eigenvalue weighted by Crippen LogP contribution is -2.57. The molecule has 0 aliphatic carbocycles. The number of alkyl halides is 7. The standard InChI is InChI=1S/C32H47F7O3/c1-20(2)11-8-12-21(3)13-9-14-22(4)15-10-17-29(7)18-16-25-19-26(23(5)24(6)27(25)42-29)41-28(40)30(33,34)31(35,36)32(37,38)39/h19-22H,8-18H2,1-7H3. The summed E-state index contributed by atoms with van der Waals surface area (Å²) in [5.41, 5.74) is 0.627. The minimum absolute atomic E-state index is 0.143. The lowest BCUT2D eigenvalue weighted by Gasteiger charge is -2.37. The van der Waals surface area contributed by atoms with Crippen molar-refractivity contribution in [2.24, 2.45) is 17.8 Å². The molecule has 0 saturated carbocycles. The highest BCUT2D eigenvalue weighted by atomic mass is 19.4. The van der Waals surface area contributed by atoms with Crippen molar-refractivity contribution in [3.63, 3.8) is 0 Å². The summed E-state index contributed by atoms with van der Waals surface area (Å²) in [6.07, 6.45) is 4.74. The molecule has 0 bridgehead atoms. The minimum atomic E-state index is -6.63. The second-order valence-electron chi connectivity index (χ2n) is 13.1. The van der Waals surface area contributed by atoms with Crippen LogP contribution >= 0.6 is 0 Å². The van der Waals surface area contributed by atoms with Gasteiger partial charge in [0.1, 0.15) is 17.1 Å². The lowest BCUT2D eigenvalue weighted by molar-refractivity contribution is -0.346. The monoisotopic (exact) mass is 612 g/mol. The molecule has 0 saturated heterocycles. The second kappa shape index (κ2) is 14.2. The molecule has 3 unspecified atom stereocenters. The second-order valence-corrected chi connectivity index (χ2v) is 13.1. The van der Waals surface area contributed by atoms with Gasteiger partial charge in [0.15, 0.2) is 0 Å². The van der Waals surface area contributed by atoms with Crippen LogP contribution in [0, 0.1) is 31.6 Å². The van der Waals surface area contributed by atoms with Crippen molar-refractivity contribution >= 4 is 5.97 Å². The Bertz CT molecular complexity index is 1050. The Morgan fingerprint density at radius 1 is 0.881 bits per heavy atom. The number of rotatable bonds is 15. The molecule has 2 rings (SSSR count). The molecule has 1 aromatic carbocycles. The fourth-order valence-corrected chi connectivity index (χ4v) is 5.51. The van der Waals surface area contributed by atoms with E-state index in [0.29, 0.717) is 35.6 Å². The summed E-state index contributed by atoms with van der Waals surface area (Å²) in [5, 5.41) is 0. The Morgan fingerprint density at radius 3 is 1.93 bits per heavy atom. The summed E-state index contributed by atoms with van der Waals surface area (Å²) >= 11 is 0. The Balaban J connectivity index is 1.95. The van der Waals surface area contributed by atoms with Crippen LogP contribution in [-0.2, 0) is 11.2 Å². The third kappa shape index (κ3) is 9.01. The molecule has 1 aliphatic heterocycles. The maximum absolute atomic E-state index is 13.8. The molecule has 0 aromatic heterocycles. The van der Waals surface area contributed by atoms with E-state index >= 15 is 0 Å². The molecule has 1 aromatic rings. The third-order valence-corrected chi connectivity index (χ3v) is 8.63. The quantitative estimate of drug-likeness (QED) is 0.112. The zero-order valence-electron chi connectivity index (χ0n) is 26.0. The molecule has 0 spiro atoms. The number of hydrogen-bond acceptors (Lipinski definition) is 3. The van der Waals surface area contributed by atoms with Crippen molar-refractivity contribution in [2.75, 3.05) is 0 Å². The first-order chi connectivity index (χ1) is 19.2. The summed E-state index contributed by atoms with van der Waals surface area (Å²) < 4.78 is 103. The fraction of sp³-hybridized carbons (Fsp3) is 0.781. The molecule has 242 valence electrons. The van der Waals surface area contributed by atoms with E-state index in [1.807, 2.05) is 6.92 Å². The van der Waals surface area contributed by atoms with E-state index in [9.17, 15) is 35.5 Å². The molecule has 0 fully saturated rings. The van der Waals surface area contributed by atoms with E-state index < -0.39 is 35.3 Å². The Labute approximate surface area is 245 Å². The highest BCUT2D eigenvalue weighted by molar-refractivity contribution is 5.82. The van der Waals surface area contributed by atoms with Crippen LogP contribution in [0.1, 0.15) is 116 Å². The predicted molar refractivity (Wildman–Crippen MR) is 150 cm³/mol. The number of hydrogen-bond donors (Lipinski definition) is 0. The van der Waals surface area contributed by atoms with Gasteiger partial charge in [0.25, 0.3) is 0 Å². The predicted octanol–water partition coefficient (Wildman–Crippen LogP) is 10.6. The van der Waals surface area contributed by atoms with Crippen LogP contribution in [0.3, 0.4) is 0 Å². The molecule has 0 radical (unpaired) electrons. The molecule has 10 heteroatoms. The molecule has 0 N–H and O–H groups in total. The number of ether oxygens (including phenoxy) is 2. The molecule has 42 heavy (non-hydrogen) atoms. The summed E-state index contributed by atoms with van der Waals surface area (Å²) in [6.45, 7) is 14.1. The maximum atomic E-state index is 13.8. The van der Waals surface area contributed by atoms with E-state index in [1.165, 1.54) is 51.5 Å². The fourth-order valence-electron chi connectivity index (χ4n) is 5.51. The zero-order valence-corrected chi connectivity index (χ0v) is 26.0. The molecule has 1 heterocycles. The van der Waals surface area contributed by atoms with Crippen molar-refractivity contribution in [3.05, 3.63) is 22.8 Å². The van der Waals surface area contributed by atoms with Gasteiger partial charge in [-0.1, -0.05) is 72.6 Å². The van der Waals surface area contributed by atoms with E-state index in [0.717, 1.165) is 31.1 Å². The lowest BCUT2D eigenvalue weighted by atomic mass is 9.85. The van der Waals surface area contributed by atoms with E-state index in [2.05, 4.69) is 32.4 Å². The van der Waals surface area contributed by atoms with Crippen LogP contribution < -0.4 is 9.47 Å². The summed E-state index contributed by atoms with van der Waals surface area (Å²) in [6, 6.07) is 1.21. The Hall–Kier alpha value is -2.00. The minimum Gasteiger partial charge on any atom is -0.487 e. The number of fused-ring (bicyclic) bond motifs is 1. The number of benzene rings is 1. The first kappa shape index (κ1) is 36.2. The van der Waals surface area contributed by atoms with Crippen LogP contribution in [0.25, 0.3) is 0 Å². The molecular formula is C32H47F7O3. The Morgan fingerprint density at radius 2 is 1.40 bits per heavy atom. The summed E-state index contributed by atoms with van der Waals surface area (Å²) in [4.78, 5) is 11.8. The van der Waals surface area contributed by atoms with Crippen molar-refractivity contribution in [1.29, 1.82) is 0 Å². The van der Waals surface area contributed by atoms with Gasteiger partial charge in [-0.05, 0) is 87.0 Å². The van der Waals surface area contributed by atoms with Gasteiger partial charge in [-0.2, -0.15) is 30.7 Å². The van der Waals surface area contributed by atoms with Crippen LogP contribution in [0.5, 0.6) is 11.5 Å². The van der Waals surface area contributed by atoms with Crippen molar-refractivity contribution in [1.82, 2.24) is 0 Å². The first-order valence-corrected chi connectivity index (χ1v) is 15.1. The van der Waals surface area contributed by atoms with Crippen molar-refractivity contribution < 1.29 is 45.0 Å². The highest BCUT2D eigenvalue weighted by Crippen LogP contribution is 2.48. The van der Waals surface area contributed by atoms with Crippen LogP contribution in [0.4, 0.5) is 30.7 Å². The SMILES string of the molecule is Cc1c(OC(=O)C(F)(F)C(F)(F)C(F)(F)F)cc2c(c1C)OC(C)(CCCC(C)CCCC(C)CCCC(C)C)CC2. The van der Waals surface area contributed by atoms with Crippen molar-refractivity contribution in [2.45, 2.75) is 143 Å². The van der Waals surface area contributed by atoms with E-state index in [-0.39, 0.29) is 5.56 Å². The summed E-state index contributed by atoms with van der Waals surface area (Å²) in [7, 11) is 0. The average molecular weight is 613 g/mol. The van der Waals surface area contributed by atoms with Gasteiger partial charge in [0, 0.05) is 0 Å². The van der Waals surface area contributed by atoms with Crippen molar-refractivity contribution in [3.8, 4) is 11.5 Å². The van der Waals surface area contributed by atoms with E-state index in [4.69, 9.17) is 4.74 Å². The molecule has 0 amide bonds. The van der Waals surface area contributed by atoms with Gasteiger partial charge in [-0.3, -0.25) is 0 Å². The first-order valence-electron chi connectivity index (χ1n) is 15.1. The van der Waals surface area contributed by atoms with Gasteiger partial charge >= 0.3 is 24.0 Å². The van der Waals surface area contributed by atoms with Crippen LogP contribution in [0.2, 0.25) is 0 Å². The molecule has 1 aliphatic rings. The summed E-state index contributed by atoms with van der Waals surface area (Å²) in [5.74, 6) is -13.6. The number of carbonyl (C=O) groups is 1. The van der Waals surface area contributed by atoms with Crippen LogP contribution in [0.15, 0.2) is 6.07 Å². The van der Waals surface area contributed by atoms with E-state index in [1.54, 1.807) is 6.92 Å². The largest absolute Gasteiger partial charge is 0.487 e. The maximum Gasteiger partial charge on any atom is 0.460 e. The molecule has 3 nitrogen and oxygen atoms in total. The number of halogens is 7. The van der Waals surface area contributed by atoms with Gasteiger partial charge in [-0.15, -0.1) is 0 Å². The van der Waals surface area contributed by atoms with Gasteiger partial charge in [0.05, 0.1) is 0 Å². The van der Waals surface area contributed by atoms with Crippen LogP contribution in [-0.4, -0.2) is 29.6 Å². The van der Waals surface area contributed by atoms with Gasteiger partial charge in [-0.25, -0.2) is 4.79 Å². The molecule has 3 atom stereocenters. The Kier molecular flexibility index (Phi) is 12.2. The van der Waals surface area contributed by atoms with Gasteiger partial charge < -0.3 is 9.47 Å². The number of aryl methyl sites for hydroxylation is 1. The average Bonchev–Trinajstić information content (AvgIpc) is 2.86. The number of carbonyl (C=O) groups excluding carboxylic acids is 1. The topological polar surface area (TPSA) is 35.5 Å². The third-order valence-electron chi connectivity index (χ3n) is 8.63. The van der Waals surface area contributed by atoms with Gasteiger partial charge in [0.2, 0.25) is 0 Å². The smallest absolute Gasteiger partial charge is 0.460 e. The normalized spacial score (nSPS) is 19.3. The zero-order chi connectivity index (χ0) is 32.1. The highest BCUT2D eigenvalue weighted by Gasteiger charge is 2.77. The molecular weight excluding hydrogens is 565 g/mol.